The summed E-state index contributed by atoms with van der Waals surface area (Å²) in [4.78, 5) is 0. The van der Waals surface area contributed by atoms with Crippen LogP contribution in [0.5, 0.6) is 0 Å². The van der Waals surface area contributed by atoms with Gasteiger partial charge >= 0.3 is 35.1 Å². The first-order chi connectivity index (χ1) is 7.46. The van der Waals surface area contributed by atoms with E-state index in [2.05, 4.69) is 43.8 Å². The smallest absolute Gasteiger partial charge is 0.406 e. The third-order valence-corrected chi connectivity index (χ3v) is 18.3. The van der Waals surface area contributed by atoms with Crippen molar-refractivity contribution in [3.05, 3.63) is 0 Å². The predicted molar refractivity (Wildman–Crippen MR) is 77.6 cm³/mol. The van der Waals surface area contributed by atoms with E-state index in [0.717, 1.165) is 0 Å². The van der Waals surface area contributed by atoms with Crippen molar-refractivity contribution in [3.63, 3.8) is 0 Å². The van der Waals surface area contributed by atoms with Gasteiger partial charge in [0.1, 0.15) is 0 Å². The van der Waals surface area contributed by atoms with Gasteiger partial charge in [-0.3, -0.25) is 4.57 Å². The maximum Gasteiger partial charge on any atom is 0.406 e. The SMILES string of the molecule is CN(C)[Si]1(C)O[SiH](C)O[Si](C)(C)O[Si](C)(C)O1. The highest BCUT2D eigenvalue weighted by molar-refractivity contribution is 6.88. The Labute approximate surface area is 110 Å². The van der Waals surface area contributed by atoms with Gasteiger partial charge in [0.2, 0.25) is 0 Å². The summed E-state index contributed by atoms with van der Waals surface area (Å²) in [5, 5.41) is 0. The Hall–Kier alpha value is 0.668. The van der Waals surface area contributed by atoms with Crippen LogP contribution in [0.15, 0.2) is 0 Å². The van der Waals surface area contributed by atoms with Crippen LogP contribution in [0.1, 0.15) is 0 Å². The van der Waals surface area contributed by atoms with Crippen LogP contribution in [0, 0.1) is 0 Å². The molecule has 0 bridgehead atoms. The van der Waals surface area contributed by atoms with Crippen molar-refractivity contribution in [1.29, 1.82) is 0 Å². The molecule has 17 heavy (non-hydrogen) atoms. The molecule has 1 aliphatic rings. The number of hydrogen-bond donors (Lipinski definition) is 0. The highest BCUT2D eigenvalue weighted by Gasteiger charge is 2.50. The number of nitrogens with zero attached hydrogens (tertiary/aromatic N) is 1. The van der Waals surface area contributed by atoms with Crippen LogP contribution < -0.4 is 0 Å². The lowest BCUT2D eigenvalue weighted by molar-refractivity contribution is 0.213. The topological polar surface area (TPSA) is 40.2 Å². The van der Waals surface area contributed by atoms with E-state index in [1.807, 2.05) is 14.1 Å². The molecular weight excluding hydrogens is 286 g/mol. The predicted octanol–water partition coefficient (Wildman–Crippen LogP) is 1.45. The van der Waals surface area contributed by atoms with E-state index >= 15 is 0 Å². The second-order valence-corrected chi connectivity index (χ2v) is 18.5. The van der Waals surface area contributed by atoms with Crippen molar-refractivity contribution in [2.45, 2.75) is 39.3 Å². The number of hydrogen-bond acceptors (Lipinski definition) is 5. The molecule has 5 nitrogen and oxygen atoms in total. The molecule has 0 N–H and O–H groups in total. The maximum atomic E-state index is 6.28. The van der Waals surface area contributed by atoms with E-state index in [9.17, 15) is 0 Å². The summed E-state index contributed by atoms with van der Waals surface area (Å²) in [5.74, 6) is 0. The van der Waals surface area contributed by atoms with Gasteiger partial charge < -0.3 is 16.5 Å². The molecule has 0 saturated carbocycles. The van der Waals surface area contributed by atoms with Crippen molar-refractivity contribution in [2.24, 2.45) is 0 Å². The highest BCUT2D eigenvalue weighted by atomic mass is 28.5. The quantitative estimate of drug-likeness (QED) is 0.686. The van der Waals surface area contributed by atoms with Crippen molar-refractivity contribution in [2.75, 3.05) is 14.1 Å². The molecule has 0 aromatic rings. The molecule has 0 amide bonds. The van der Waals surface area contributed by atoms with Gasteiger partial charge in [0, 0.05) is 0 Å². The van der Waals surface area contributed by atoms with Crippen LogP contribution in [-0.2, 0) is 16.5 Å². The second kappa shape index (κ2) is 4.98. The van der Waals surface area contributed by atoms with Gasteiger partial charge in [-0.2, -0.15) is 0 Å². The van der Waals surface area contributed by atoms with Gasteiger partial charge in [0.25, 0.3) is 0 Å². The summed E-state index contributed by atoms with van der Waals surface area (Å²) in [6.45, 7) is 12.4. The molecule has 2 unspecified atom stereocenters. The van der Waals surface area contributed by atoms with Crippen LogP contribution in [0.4, 0.5) is 0 Å². The summed E-state index contributed by atoms with van der Waals surface area (Å²) in [7, 11) is -4.28. The lowest BCUT2D eigenvalue weighted by Crippen LogP contribution is -2.66. The standard InChI is InChI=1S/C8H25NO4Si4/c1-9(2)17(8)11-14(3)10-15(4,5)12-16(6,7)13-17/h14H,1-8H3. The molecule has 1 aliphatic heterocycles. The van der Waals surface area contributed by atoms with Gasteiger partial charge in [-0.05, 0) is 53.4 Å². The zero-order valence-electron chi connectivity index (χ0n) is 12.2. The minimum atomic E-state index is -2.33. The van der Waals surface area contributed by atoms with Gasteiger partial charge in [0.05, 0.1) is 0 Å². The summed E-state index contributed by atoms with van der Waals surface area (Å²) >= 11 is 0. The lowest BCUT2D eigenvalue weighted by Gasteiger charge is -2.46. The monoisotopic (exact) mass is 311 g/mol. The Morgan fingerprint density at radius 2 is 1.35 bits per heavy atom. The Morgan fingerprint density at radius 1 is 0.824 bits per heavy atom. The third kappa shape index (κ3) is 4.36. The fourth-order valence-corrected chi connectivity index (χ4v) is 20.1. The van der Waals surface area contributed by atoms with Crippen LogP contribution in [-0.4, -0.2) is 53.8 Å². The first-order valence-corrected chi connectivity index (χ1v) is 15.9. The first-order valence-electron chi connectivity index (χ1n) is 5.89. The second-order valence-electron chi connectivity index (χ2n) is 5.60. The first kappa shape index (κ1) is 15.7. The van der Waals surface area contributed by atoms with Crippen molar-refractivity contribution in [1.82, 2.24) is 4.57 Å². The summed E-state index contributed by atoms with van der Waals surface area (Å²) < 4.78 is 26.7. The summed E-state index contributed by atoms with van der Waals surface area (Å²) in [6.07, 6.45) is 0. The minimum absolute atomic E-state index is 1.68. The largest absolute Gasteiger partial charge is 0.418 e. The molecule has 1 heterocycles. The molecule has 0 spiro atoms. The van der Waals surface area contributed by atoms with Crippen LogP contribution in [0.2, 0.25) is 39.3 Å². The van der Waals surface area contributed by atoms with Crippen LogP contribution in [0.25, 0.3) is 0 Å². The molecular formula is C8H25NO4Si4. The van der Waals surface area contributed by atoms with Crippen molar-refractivity contribution >= 4 is 35.1 Å². The van der Waals surface area contributed by atoms with Crippen molar-refractivity contribution < 1.29 is 16.5 Å². The highest BCUT2D eigenvalue weighted by Crippen LogP contribution is 2.27. The number of rotatable bonds is 1. The Balaban J connectivity index is 2.97. The lowest BCUT2D eigenvalue weighted by atomic mass is 11.3. The van der Waals surface area contributed by atoms with Crippen LogP contribution in [0.3, 0.4) is 0 Å². The normalized spacial score (nSPS) is 37.6. The molecule has 0 aromatic carbocycles. The molecule has 0 radical (unpaired) electrons. The molecule has 1 saturated heterocycles. The van der Waals surface area contributed by atoms with E-state index in [0.29, 0.717) is 0 Å². The maximum absolute atomic E-state index is 6.28. The average molecular weight is 312 g/mol. The van der Waals surface area contributed by atoms with Crippen molar-refractivity contribution in [3.8, 4) is 0 Å². The van der Waals surface area contributed by atoms with Gasteiger partial charge in [-0.15, -0.1) is 0 Å². The fourth-order valence-electron chi connectivity index (χ4n) is 2.05. The Kier molecular flexibility index (Phi) is 4.60. The summed E-state index contributed by atoms with van der Waals surface area (Å²) in [6, 6.07) is 0. The average Bonchev–Trinajstić information content (AvgIpc) is 1.94. The minimum Gasteiger partial charge on any atom is -0.418 e. The molecule has 2 atom stereocenters. The zero-order chi connectivity index (χ0) is 13.5. The third-order valence-electron chi connectivity index (χ3n) is 2.57. The molecule has 1 fully saturated rings. The van der Waals surface area contributed by atoms with E-state index in [4.69, 9.17) is 16.5 Å². The molecule has 1 rings (SSSR count). The van der Waals surface area contributed by atoms with E-state index in [1.54, 1.807) is 0 Å². The van der Waals surface area contributed by atoms with Crippen LogP contribution >= 0.6 is 0 Å². The zero-order valence-corrected chi connectivity index (χ0v) is 16.3. The van der Waals surface area contributed by atoms with Gasteiger partial charge in [-0.25, -0.2) is 0 Å². The summed E-state index contributed by atoms with van der Waals surface area (Å²) in [5.41, 5.74) is 0. The molecule has 0 aromatic heterocycles. The molecule has 102 valence electrons. The van der Waals surface area contributed by atoms with E-state index < -0.39 is 35.1 Å². The Morgan fingerprint density at radius 3 is 1.82 bits per heavy atom. The fraction of sp³-hybridized carbons (Fsp3) is 1.00. The molecule has 9 heteroatoms. The van der Waals surface area contributed by atoms with Gasteiger partial charge in [-0.1, -0.05) is 0 Å². The molecule has 0 aliphatic carbocycles. The van der Waals surface area contributed by atoms with E-state index in [1.165, 1.54) is 0 Å². The van der Waals surface area contributed by atoms with Gasteiger partial charge in [0.15, 0.2) is 0 Å². The Bertz CT molecular complexity index is 289. The van der Waals surface area contributed by atoms with E-state index in [-0.39, 0.29) is 0 Å².